The first-order chi connectivity index (χ1) is 11.1. The number of hydrogen-bond acceptors (Lipinski definition) is 7. The number of nitrogens with zero attached hydrogens (tertiary/aromatic N) is 2. The van der Waals surface area contributed by atoms with E-state index in [1.807, 2.05) is 37.4 Å². The SMILES string of the molecule is CCOc1ccc2nc(NC(=O)CSc3nc(C)cs3)sc2c1. The lowest BCUT2D eigenvalue weighted by atomic mass is 10.3. The predicted octanol–water partition coefficient (Wildman–Crippen LogP) is 4.19. The Morgan fingerprint density at radius 2 is 2.26 bits per heavy atom. The summed E-state index contributed by atoms with van der Waals surface area (Å²) >= 11 is 4.44. The van der Waals surface area contributed by atoms with Gasteiger partial charge in [0.1, 0.15) is 5.75 Å². The number of carbonyl (C=O) groups is 1. The third kappa shape index (κ3) is 4.21. The molecule has 0 aliphatic rings. The topological polar surface area (TPSA) is 64.1 Å². The van der Waals surface area contributed by atoms with Gasteiger partial charge in [0, 0.05) is 11.1 Å². The summed E-state index contributed by atoms with van der Waals surface area (Å²) in [5.74, 6) is 1.07. The molecule has 0 saturated carbocycles. The highest BCUT2D eigenvalue weighted by Crippen LogP contribution is 2.29. The van der Waals surface area contributed by atoms with Gasteiger partial charge in [-0.05, 0) is 32.0 Å². The molecule has 0 unspecified atom stereocenters. The molecule has 0 fully saturated rings. The van der Waals surface area contributed by atoms with Crippen LogP contribution in [0.1, 0.15) is 12.6 Å². The largest absolute Gasteiger partial charge is 0.494 e. The number of ether oxygens (including phenoxy) is 1. The van der Waals surface area contributed by atoms with Crippen molar-refractivity contribution in [3.63, 3.8) is 0 Å². The number of hydrogen-bond donors (Lipinski definition) is 1. The number of anilines is 1. The highest BCUT2D eigenvalue weighted by molar-refractivity contribution is 8.01. The van der Waals surface area contributed by atoms with Gasteiger partial charge in [0.15, 0.2) is 9.47 Å². The van der Waals surface area contributed by atoms with Crippen molar-refractivity contribution in [1.82, 2.24) is 9.97 Å². The molecule has 23 heavy (non-hydrogen) atoms. The minimum absolute atomic E-state index is 0.0769. The molecule has 1 N–H and O–H groups in total. The van der Waals surface area contributed by atoms with Crippen LogP contribution in [-0.4, -0.2) is 28.2 Å². The number of rotatable bonds is 6. The number of thiazole rings is 2. The average Bonchev–Trinajstić information content (AvgIpc) is 3.10. The molecule has 5 nitrogen and oxygen atoms in total. The summed E-state index contributed by atoms with van der Waals surface area (Å²) in [6.07, 6.45) is 0. The zero-order chi connectivity index (χ0) is 16.2. The molecule has 0 aliphatic heterocycles. The van der Waals surface area contributed by atoms with Crippen LogP contribution in [0.4, 0.5) is 5.13 Å². The minimum Gasteiger partial charge on any atom is -0.494 e. The predicted molar refractivity (Wildman–Crippen MR) is 97.0 cm³/mol. The molecule has 0 spiro atoms. The number of nitrogens with one attached hydrogen (secondary N) is 1. The molecule has 120 valence electrons. The van der Waals surface area contributed by atoms with E-state index in [0.29, 0.717) is 17.5 Å². The molecule has 3 rings (SSSR count). The number of fused-ring (bicyclic) bond motifs is 1. The van der Waals surface area contributed by atoms with Crippen LogP contribution in [0.2, 0.25) is 0 Å². The molecule has 1 amide bonds. The fourth-order valence-electron chi connectivity index (χ4n) is 1.90. The van der Waals surface area contributed by atoms with Gasteiger partial charge < -0.3 is 10.1 Å². The number of benzene rings is 1. The summed E-state index contributed by atoms with van der Waals surface area (Å²) in [5.41, 5.74) is 1.84. The van der Waals surface area contributed by atoms with Crippen LogP contribution in [0.15, 0.2) is 27.9 Å². The summed E-state index contributed by atoms with van der Waals surface area (Å²) in [7, 11) is 0. The first-order valence-electron chi connectivity index (χ1n) is 7.02. The highest BCUT2D eigenvalue weighted by Gasteiger charge is 2.10. The summed E-state index contributed by atoms with van der Waals surface area (Å²) in [6.45, 7) is 4.52. The summed E-state index contributed by atoms with van der Waals surface area (Å²) in [6, 6.07) is 5.73. The van der Waals surface area contributed by atoms with Crippen molar-refractivity contribution in [3.05, 3.63) is 29.3 Å². The molecule has 0 aliphatic carbocycles. The van der Waals surface area contributed by atoms with Crippen molar-refractivity contribution < 1.29 is 9.53 Å². The van der Waals surface area contributed by atoms with Gasteiger partial charge in [0.25, 0.3) is 0 Å². The van der Waals surface area contributed by atoms with Crippen LogP contribution in [0.5, 0.6) is 5.75 Å². The van der Waals surface area contributed by atoms with Crippen molar-refractivity contribution in [2.24, 2.45) is 0 Å². The Labute approximate surface area is 146 Å². The van der Waals surface area contributed by atoms with Gasteiger partial charge >= 0.3 is 0 Å². The maximum atomic E-state index is 12.0. The van der Waals surface area contributed by atoms with Crippen LogP contribution in [0, 0.1) is 6.92 Å². The fraction of sp³-hybridized carbons (Fsp3) is 0.267. The molecule has 2 aromatic heterocycles. The van der Waals surface area contributed by atoms with Gasteiger partial charge in [0.05, 0.1) is 22.6 Å². The number of aromatic nitrogens is 2. The molecule has 0 radical (unpaired) electrons. The molecule has 1 aromatic carbocycles. The molecule has 0 atom stereocenters. The summed E-state index contributed by atoms with van der Waals surface area (Å²) < 4.78 is 7.38. The Morgan fingerprint density at radius 1 is 1.39 bits per heavy atom. The van der Waals surface area contributed by atoms with E-state index >= 15 is 0 Å². The molecule has 8 heteroatoms. The average molecular weight is 366 g/mol. The Bertz CT molecular complexity index is 828. The van der Waals surface area contributed by atoms with Gasteiger partial charge in [-0.15, -0.1) is 11.3 Å². The Hall–Kier alpha value is -1.64. The van der Waals surface area contributed by atoms with Gasteiger partial charge in [-0.1, -0.05) is 23.1 Å². The second-order valence-electron chi connectivity index (χ2n) is 4.67. The van der Waals surface area contributed by atoms with Crippen molar-refractivity contribution in [1.29, 1.82) is 0 Å². The minimum atomic E-state index is -0.0769. The standard InChI is InChI=1S/C15H15N3O2S3/c1-3-20-10-4-5-11-12(6-10)23-14(17-11)18-13(19)8-22-15-16-9(2)7-21-15/h4-7H,3,8H2,1-2H3,(H,17,18,19). The molecule has 0 bridgehead atoms. The fourth-order valence-corrected chi connectivity index (χ4v) is 4.46. The second-order valence-corrected chi connectivity index (χ2v) is 7.78. The van der Waals surface area contributed by atoms with E-state index in [4.69, 9.17) is 4.74 Å². The smallest absolute Gasteiger partial charge is 0.236 e. The van der Waals surface area contributed by atoms with Gasteiger partial charge in [-0.25, -0.2) is 9.97 Å². The second kappa shape index (κ2) is 7.29. The molecule has 0 saturated heterocycles. The Balaban J connectivity index is 1.62. The van der Waals surface area contributed by atoms with E-state index < -0.39 is 0 Å². The normalized spacial score (nSPS) is 10.9. The first kappa shape index (κ1) is 16.2. The molecular weight excluding hydrogens is 350 g/mol. The van der Waals surface area contributed by atoms with E-state index in [2.05, 4.69) is 15.3 Å². The third-order valence-corrected chi connectivity index (χ3v) is 5.91. The van der Waals surface area contributed by atoms with Crippen molar-refractivity contribution in [2.45, 2.75) is 18.2 Å². The first-order valence-corrected chi connectivity index (χ1v) is 9.70. The number of aryl methyl sites for hydroxylation is 1. The van der Waals surface area contributed by atoms with Crippen molar-refractivity contribution in [3.8, 4) is 5.75 Å². The van der Waals surface area contributed by atoms with Crippen LogP contribution < -0.4 is 10.1 Å². The van der Waals surface area contributed by atoms with E-state index in [9.17, 15) is 4.79 Å². The van der Waals surface area contributed by atoms with Gasteiger partial charge in [0.2, 0.25) is 5.91 Å². The zero-order valence-corrected chi connectivity index (χ0v) is 15.1. The van der Waals surface area contributed by atoms with Crippen LogP contribution >= 0.6 is 34.4 Å². The lowest BCUT2D eigenvalue weighted by molar-refractivity contribution is -0.113. The number of thioether (sulfide) groups is 1. The van der Waals surface area contributed by atoms with E-state index in [0.717, 1.165) is 26.0 Å². The number of amides is 1. The monoisotopic (exact) mass is 365 g/mol. The maximum absolute atomic E-state index is 12.0. The lowest BCUT2D eigenvalue weighted by Gasteiger charge is -2.00. The lowest BCUT2D eigenvalue weighted by Crippen LogP contribution is -2.13. The van der Waals surface area contributed by atoms with Crippen LogP contribution in [0.25, 0.3) is 10.2 Å². The van der Waals surface area contributed by atoms with Crippen molar-refractivity contribution in [2.75, 3.05) is 17.7 Å². The maximum Gasteiger partial charge on any atom is 0.236 e. The molecule has 3 aromatic rings. The van der Waals surface area contributed by atoms with Gasteiger partial charge in [-0.2, -0.15) is 0 Å². The van der Waals surface area contributed by atoms with Crippen LogP contribution in [0.3, 0.4) is 0 Å². The Kier molecular flexibility index (Phi) is 5.14. The quantitative estimate of drug-likeness (QED) is 0.664. The zero-order valence-electron chi connectivity index (χ0n) is 12.7. The summed E-state index contributed by atoms with van der Waals surface area (Å²) in [5, 5.41) is 5.43. The van der Waals surface area contributed by atoms with Crippen LogP contribution in [-0.2, 0) is 4.79 Å². The molecule has 2 heterocycles. The van der Waals surface area contributed by atoms with E-state index in [1.54, 1.807) is 11.3 Å². The third-order valence-electron chi connectivity index (χ3n) is 2.84. The van der Waals surface area contributed by atoms with Gasteiger partial charge in [-0.3, -0.25) is 4.79 Å². The summed E-state index contributed by atoms with van der Waals surface area (Å²) in [4.78, 5) is 20.8. The Morgan fingerprint density at radius 3 is 3.00 bits per heavy atom. The highest BCUT2D eigenvalue weighted by atomic mass is 32.2. The van der Waals surface area contributed by atoms with E-state index in [-0.39, 0.29) is 5.91 Å². The van der Waals surface area contributed by atoms with E-state index in [1.165, 1.54) is 23.1 Å². The number of carbonyl (C=O) groups excluding carboxylic acids is 1. The van der Waals surface area contributed by atoms with Crippen molar-refractivity contribution >= 4 is 55.7 Å². The molecular formula is C15H15N3O2S3.